The summed E-state index contributed by atoms with van der Waals surface area (Å²) < 4.78 is 0. The summed E-state index contributed by atoms with van der Waals surface area (Å²) in [5, 5.41) is -0.143. The highest BCUT2D eigenvalue weighted by molar-refractivity contribution is 6.64. The molecule has 0 atom stereocenters. The minimum absolute atomic E-state index is 0.143. The summed E-state index contributed by atoms with van der Waals surface area (Å²) in [6, 6.07) is 0. The molecule has 0 saturated heterocycles. The molecule has 0 amide bonds. The maximum absolute atomic E-state index is 11.3. The van der Waals surface area contributed by atoms with Crippen LogP contribution in [0.4, 0.5) is 0 Å². The maximum Gasteiger partial charge on any atom is 0.227 e. The van der Waals surface area contributed by atoms with Crippen molar-refractivity contribution in [2.75, 3.05) is 0 Å². The van der Waals surface area contributed by atoms with Gasteiger partial charge in [0.15, 0.2) is 0 Å². The van der Waals surface area contributed by atoms with Crippen LogP contribution in [-0.2, 0) is 4.79 Å². The zero-order valence-electron chi connectivity index (χ0n) is 9.53. The first-order valence-corrected chi connectivity index (χ1v) is 6.00. The van der Waals surface area contributed by atoms with Crippen molar-refractivity contribution in [1.82, 2.24) is 0 Å². The Kier molecular flexibility index (Phi) is 3.63. The van der Waals surface area contributed by atoms with E-state index in [1.165, 1.54) is 12.8 Å². The molecule has 1 saturated carbocycles. The van der Waals surface area contributed by atoms with Gasteiger partial charge >= 0.3 is 0 Å². The first-order valence-electron chi connectivity index (χ1n) is 5.62. The summed E-state index contributed by atoms with van der Waals surface area (Å²) in [7, 11) is 0. The van der Waals surface area contributed by atoms with Crippen LogP contribution in [0.3, 0.4) is 0 Å². The topological polar surface area (TPSA) is 17.1 Å². The van der Waals surface area contributed by atoms with E-state index in [-0.39, 0.29) is 10.7 Å². The lowest BCUT2D eigenvalue weighted by Crippen LogP contribution is -2.34. The van der Waals surface area contributed by atoms with Gasteiger partial charge in [-0.05, 0) is 49.1 Å². The fourth-order valence-electron chi connectivity index (χ4n) is 2.46. The van der Waals surface area contributed by atoms with Crippen molar-refractivity contribution in [3.8, 4) is 0 Å². The third-order valence-electron chi connectivity index (χ3n) is 3.89. The van der Waals surface area contributed by atoms with Crippen molar-refractivity contribution in [1.29, 1.82) is 0 Å². The lowest BCUT2D eigenvalue weighted by molar-refractivity contribution is -0.122. The van der Waals surface area contributed by atoms with Gasteiger partial charge in [0.2, 0.25) is 5.24 Å². The average Bonchev–Trinajstić information content (AvgIpc) is 2.11. The smallest absolute Gasteiger partial charge is 0.227 e. The summed E-state index contributed by atoms with van der Waals surface area (Å²) in [6.45, 7) is 6.58. The van der Waals surface area contributed by atoms with Crippen molar-refractivity contribution >= 4 is 16.8 Å². The van der Waals surface area contributed by atoms with Crippen molar-refractivity contribution in [3.05, 3.63) is 0 Å². The first kappa shape index (κ1) is 12.0. The highest BCUT2D eigenvalue weighted by Crippen LogP contribution is 2.48. The van der Waals surface area contributed by atoms with Gasteiger partial charge in [-0.25, -0.2) is 0 Å². The fraction of sp³-hybridized carbons (Fsp3) is 0.917. The van der Waals surface area contributed by atoms with Gasteiger partial charge < -0.3 is 0 Å². The third-order valence-corrected chi connectivity index (χ3v) is 4.34. The third kappa shape index (κ3) is 2.50. The Bertz CT molecular complexity index is 214. The number of hydrogen-bond donors (Lipinski definition) is 0. The second-order valence-corrected chi connectivity index (χ2v) is 5.74. The standard InChI is InChI=1S/C12H21ClO/c1-4-5-11(2)6-8-12(3,9-7-11)10(13)14/h4-9H2,1-3H3. The molecule has 0 spiro atoms. The van der Waals surface area contributed by atoms with Crippen LogP contribution in [0, 0.1) is 10.8 Å². The maximum atomic E-state index is 11.3. The van der Waals surface area contributed by atoms with Crippen LogP contribution in [0.25, 0.3) is 0 Å². The quantitative estimate of drug-likeness (QED) is 0.649. The molecule has 0 unspecified atom stereocenters. The Morgan fingerprint density at radius 1 is 1.21 bits per heavy atom. The van der Waals surface area contributed by atoms with Crippen molar-refractivity contribution in [3.63, 3.8) is 0 Å². The number of hydrogen-bond acceptors (Lipinski definition) is 1. The molecule has 1 aliphatic carbocycles. The van der Waals surface area contributed by atoms with E-state index in [0.717, 1.165) is 25.7 Å². The number of carbonyl (C=O) groups is 1. The molecule has 0 heterocycles. The molecule has 1 fully saturated rings. The van der Waals surface area contributed by atoms with Gasteiger partial charge in [0.25, 0.3) is 0 Å². The van der Waals surface area contributed by atoms with Gasteiger partial charge in [0, 0.05) is 5.41 Å². The Hall–Kier alpha value is -0.0400. The molecule has 1 rings (SSSR count). The van der Waals surface area contributed by atoms with Crippen molar-refractivity contribution in [2.45, 2.75) is 59.3 Å². The van der Waals surface area contributed by atoms with Crippen LogP contribution < -0.4 is 0 Å². The molecule has 14 heavy (non-hydrogen) atoms. The second-order valence-electron chi connectivity index (χ2n) is 5.40. The predicted molar refractivity (Wildman–Crippen MR) is 60.5 cm³/mol. The highest BCUT2D eigenvalue weighted by Gasteiger charge is 2.40. The van der Waals surface area contributed by atoms with E-state index in [4.69, 9.17) is 11.6 Å². The van der Waals surface area contributed by atoms with Crippen molar-refractivity contribution < 1.29 is 4.79 Å². The Morgan fingerprint density at radius 2 is 1.71 bits per heavy atom. The van der Waals surface area contributed by atoms with E-state index in [0.29, 0.717) is 5.41 Å². The molecule has 0 radical (unpaired) electrons. The van der Waals surface area contributed by atoms with Crippen LogP contribution in [0.15, 0.2) is 0 Å². The van der Waals surface area contributed by atoms with Crippen LogP contribution in [0.2, 0.25) is 0 Å². The predicted octanol–water partition coefficient (Wildman–Crippen LogP) is 4.14. The second kappa shape index (κ2) is 4.22. The summed E-state index contributed by atoms with van der Waals surface area (Å²) in [4.78, 5) is 11.3. The van der Waals surface area contributed by atoms with E-state index in [1.54, 1.807) is 0 Å². The van der Waals surface area contributed by atoms with E-state index in [2.05, 4.69) is 13.8 Å². The van der Waals surface area contributed by atoms with Crippen LogP contribution in [0.5, 0.6) is 0 Å². The minimum Gasteiger partial charge on any atom is -0.281 e. The summed E-state index contributed by atoms with van der Waals surface area (Å²) in [6.07, 6.45) is 6.74. The molecule has 0 N–H and O–H groups in total. The van der Waals surface area contributed by atoms with Gasteiger partial charge in [0.05, 0.1) is 0 Å². The SMILES string of the molecule is CCCC1(C)CCC(C)(C(=O)Cl)CC1. The Balaban J connectivity index is 2.57. The molecule has 2 heteroatoms. The van der Waals surface area contributed by atoms with Gasteiger partial charge in [-0.15, -0.1) is 0 Å². The van der Waals surface area contributed by atoms with E-state index >= 15 is 0 Å². The van der Waals surface area contributed by atoms with Crippen LogP contribution in [0.1, 0.15) is 59.3 Å². The highest BCUT2D eigenvalue weighted by atomic mass is 35.5. The molecule has 0 aromatic heterocycles. The van der Waals surface area contributed by atoms with Gasteiger partial charge in [-0.1, -0.05) is 27.2 Å². The van der Waals surface area contributed by atoms with Gasteiger partial charge in [-0.2, -0.15) is 0 Å². The molecule has 1 nitrogen and oxygen atoms in total. The van der Waals surface area contributed by atoms with Gasteiger partial charge in [-0.3, -0.25) is 4.79 Å². The monoisotopic (exact) mass is 216 g/mol. The molecular weight excluding hydrogens is 196 g/mol. The largest absolute Gasteiger partial charge is 0.281 e. The summed E-state index contributed by atoms with van der Waals surface area (Å²) in [5.41, 5.74) is 0.218. The minimum atomic E-state index is -0.241. The molecular formula is C12H21ClO. The van der Waals surface area contributed by atoms with Crippen molar-refractivity contribution in [2.24, 2.45) is 10.8 Å². The van der Waals surface area contributed by atoms with E-state index in [1.807, 2.05) is 6.92 Å². The molecule has 1 aliphatic rings. The summed E-state index contributed by atoms with van der Waals surface area (Å²) in [5.74, 6) is 0. The molecule has 0 aliphatic heterocycles. The number of rotatable bonds is 3. The molecule has 0 aromatic carbocycles. The molecule has 0 bridgehead atoms. The van der Waals surface area contributed by atoms with Gasteiger partial charge in [0.1, 0.15) is 0 Å². The Labute approximate surface area is 92.2 Å². The average molecular weight is 217 g/mol. The summed E-state index contributed by atoms with van der Waals surface area (Å²) >= 11 is 5.63. The van der Waals surface area contributed by atoms with E-state index in [9.17, 15) is 4.79 Å². The molecule has 82 valence electrons. The lowest BCUT2D eigenvalue weighted by Gasteiger charge is -2.41. The van der Waals surface area contributed by atoms with Crippen LogP contribution in [-0.4, -0.2) is 5.24 Å². The van der Waals surface area contributed by atoms with Crippen LogP contribution >= 0.6 is 11.6 Å². The zero-order valence-corrected chi connectivity index (χ0v) is 10.3. The van der Waals surface area contributed by atoms with E-state index < -0.39 is 0 Å². The number of carbonyl (C=O) groups excluding carboxylic acids is 1. The normalized spacial score (nSPS) is 38.3. The Morgan fingerprint density at radius 3 is 2.07 bits per heavy atom. The molecule has 0 aromatic rings. The lowest BCUT2D eigenvalue weighted by atomic mass is 9.64. The zero-order chi connectivity index (χ0) is 10.8. The number of halogens is 1. The fourth-order valence-corrected chi connectivity index (χ4v) is 2.64. The first-order chi connectivity index (χ1) is 6.42.